The monoisotopic (exact) mass is 499 g/mol. The number of ether oxygens (including phenoxy) is 1. The first-order valence-electron chi connectivity index (χ1n) is 11.7. The summed E-state index contributed by atoms with van der Waals surface area (Å²) in [5.74, 6) is -0.549. The molecule has 4 aromatic rings. The lowest BCUT2D eigenvalue weighted by Crippen LogP contribution is -2.12. The molecule has 0 radical (unpaired) electrons. The van der Waals surface area contributed by atoms with Gasteiger partial charge in [-0.3, -0.25) is 4.98 Å². The van der Waals surface area contributed by atoms with Crippen molar-refractivity contribution in [2.24, 2.45) is 0 Å². The SMILES string of the molecule is CSc1nc(Cc2ccc(-c3ccc(C(C)(C)C)cc3)nc2)nc(C(=O)O)c1OCc1ccccc1. The van der Waals surface area contributed by atoms with Crippen LogP contribution in [0, 0.1) is 0 Å². The molecule has 1 N–H and O–H groups in total. The molecule has 6 nitrogen and oxygen atoms in total. The number of carboxylic acids is 1. The van der Waals surface area contributed by atoms with Gasteiger partial charge in [0.05, 0.1) is 5.69 Å². The van der Waals surface area contributed by atoms with Crippen LogP contribution in [0.25, 0.3) is 11.3 Å². The molecule has 0 aliphatic carbocycles. The van der Waals surface area contributed by atoms with E-state index in [1.54, 1.807) is 6.20 Å². The highest BCUT2D eigenvalue weighted by Gasteiger charge is 2.21. The maximum Gasteiger partial charge on any atom is 0.358 e. The van der Waals surface area contributed by atoms with Gasteiger partial charge in [0.15, 0.2) is 11.4 Å². The van der Waals surface area contributed by atoms with Crippen LogP contribution in [0.2, 0.25) is 0 Å². The molecule has 7 heteroatoms. The Bertz CT molecular complexity index is 1330. The summed E-state index contributed by atoms with van der Waals surface area (Å²) in [5.41, 5.74) is 4.99. The number of hydrogen-bond acceptors (Lipinski definition) is 6. The topological polar surface area (TPSA) is 85.2 Å². The summed E-state index contributed by atoms with van der Waals surface area (Å²) in [4.78, 5) is 25.5. The Morgan fingerprint density at radius 3 is 2.25 bits per heavy atom. The van der Waals surface area contributed by atoms with Gasteiger partial charge in [0, 0.05) is 18.2 Å². The molecule has 0 atom stereocenters. The minimum Gasteiger partial charge on any atom is -0.484 e. The van der Waals surface area contributed by atoms with Crippen molar-refractivity contribution < 1.29 is 14.6 Å². The van der Waals surface area contributed by atoms with Crippen LogP contribution in [0.5, 0.6) is 5.75 Å². The van der Waals surface area contributed by atoms with Gasteiger partial charge in [0.25, 0.3) is 0 Å². The van der Waals surface area contributed by atoms with Crippen molar-refractivity contribution >= 4 is 17.7 Å². The minimum absolute atomic E-state index is 0.0996. The Balaban J connectivity index is 1.54. The molecular formula is C29H29N3O3S. The number of rotatable bonds is 8. The predicted molar refractivity (Wildman–Crippen MR) is 143 cm³/mol. The Kier molecular flexibility index (Phi) is 7.70. The second-order valence-electron chi connectivity index (χ2n) is 9.46. The minimum atomic E-state index is -1.15. The molecule has 0 amide bonds. The largest absolute Gasteiger partial charge is 0.484 e. The zero-order valence-corrected chi connectivity index (χ0v) is 21.7. The third-order valence-electron chi connectivity index (χ3n) is 5.74. The number of carbonyl (C=O) groups is 1. The molecular weight excluding hydrogens is 470 g/mol. The van der Waals surface area contributed by atoms with Crippen molar-refractivity contribution in [2.75, 3.05) is 6.26 Å². The van der Waals surface area contributed by atoms with Crippen molar-refractivity contribution in [1.82, 2.24) is 15.0 Å². The van der Waals surface area contributed by atoms with E-state index in [0.29, 0.717) is 17.3 Å². The highest BCUT2D eigenvalue weighted by Crippen LogP contribution is 2.30. The molecule has 0 aliphatic heterocycles. The van der Waals surface area contributed by atoms with Crippen LogP contribution in [0.1, 0.15) is 53.8 Å². The quantitative estimate of drug-likeness (QED) is 0.221. The number of aromatic nitrogens is 3. The van der Waals surface area contributed by atoms with Crippen molar-refractivity contribution in [2.45, 2.75) is 44.2 Å². The lowest BCUT2D eigenvalue weighted by molar-refractivity contribution is 0.0683. The number of thioether (sulfide) groups is 1. The van der Waals surface area contributed by atoms with Crippen LogP contribution in [-0.2, 0) is 18.4 Å². The van der Waals surface area contributed by atoms with Crippen LogP contribution in [0.3, 0.4) is 0 Å². The zero-order chi connectivity index (χ0) is 25.7. The molecule has 184 valence electrons. The van der Waals surface area contributed by atoms with Gasteiger partial charge in [-0.15, -0.1) is 11.8 Å². The first-order chi connectivity index (χ1) is 17.2. The second-order valence-corrected chi connectivity index (χ2v) is 10.3. The number of nitrogens with zero attached hydrogens (tertiary/aromatic N) is 3. The first-order valence-corrected chi connectivity index (χ1v) is 12.9. The summed E-state index contributed by atoms with van der Waals surface area (Å²) >= 11 is 1.33. The third-order valence-corrected chi connectivity index (χ3v) is 6.40. The Labute approximate surface area is 215 Å². The lowest BCUT2D eigenvalue weighted by Gasteiger charge is -2.19. The Morgan fingerprint density at radius 2 is 1.67 bits per heavy atom. The van der Waals surface area contributed by atoms with Gasteiger partial charge in [0.2, 0.25) is 0 Å². The van der Waals surface area contributed by atoms with E-state index in [1.165, 1.54) is 17.3 Å². The number of pyridine rings is 1. The number of carboxylic acid groups (broad SMARTS) is 1. The smallest absolute Gasteiger partial charge is 0.358 e. The van der Waals surface area contributed by atoms with Gasteiger partial charge < -0.3 is 9.84 Å². The normalized spacial score (nSPS) is 11.3. The fraction of sp³-hybridized carbons (Fsp3) is 0.241. The standard InChI is InChI=1S/C29H29N3O3S/c1-29(2,3)22-13-11-21(12-14-22)23-15-10-20(17-30-23)16-24-31-25(28(33)34)26(27(32-24)36-4)35-18-19-8-6-5-7-9-19/h5-15,17H,16,18H2,1-4H3,(H,33,34). The van der Waals surface area contributed by atoms with Gasteiger partial charge in [-0.25, -0.2) is 14.8 Å². The van der Waals surface area contributed by atoms with Gasteiger partial charge >= 0.3 is 5.97 Å². The molecule has 0 saturated heterocycles. The van der Waals surface area contributed by atoms with Crippen LogP contribution in [0.4, 0.5) is 0 Å². The van der Waals surface area contributed by atoms with E-state index in [2.05, 4.69) is 60.0 Å². The van der Waals surface area contributed by atoms with Crippen LogP contribution in [-0.4, -0.2) is 32.3 Å². The number of benzene rings is 2. The molecule has 0 aliphatic rings. The van der Waals surface area contributed by atoms with E-state index < -0.39 is 5.97 Å². The summed E-state index contributed by atoms with van der Waals surface area (Å²) < 4.78 is 5.87. The Hall–Kier alpha value is -3.71. The van der Waals surface area contributed by atoms with E-state index in [1.807, 2.05) is 48.7 Å². The van der Waals surface area contributed by atoms with Crippen LogP contribution >= 0.6 is 11.8 Å². The molecule has 4 rings (SSSR count). The summed E-state index contributed by atoms with van der Waals surface area (Å²) in [7, 11) is 0. The third kappa shape index (κ3) is 6.10. The maximum atomic E-state index is 12.0. The van der Waals surface area contributed by atoms with E-state index in [-0.39, 0.29) is 23.5 Å². The average Bonchev–Trinajstić information content (AvgIpc) is 2.88. The van der Waals surface area contributed by atoms with Gasteiger partial charge in [-0.2, -0.15) is 0 Å². The lowest BCUT2D eigenvalue weighted by atomic mass is 9.86. The Morgan fingerprint density at radius 1 is 0.944 bits per heavy atom. The van der Waals surface area contributed by atoms with E-state index in [4.69, 9.17) is 4.74 Å². The van der Waals surface area contributed by atoms with Crippen LogP contribution in [0.15, 0.2) is 78.0 Å². The number of hydrogen-bond donors (Lipinski definition) is 1. The van der Waals surface area contributed by atoms with Crippen LogP contribution < -0.4 is 4.74 Å². The van der Waals surface area contributed by atoms with E-state index in [9.17, 15) is 9.90 Å². The summed E-state index contributed by atoms with van der Waals surface area (Å²) in [6.07, 6.45) is 3.99. The zero-order valence-electron chi connectivity index (χ0n) is 20.9. The molecule has 0 spiro atoms. The molecule has 2 heterocycles. The molecule has 0 unspecified atom stereocenters. The van der Waals surface area contributed by atoms with E-state index >= 15 is 0 Å². The van der Waals surface area contributed by atoms with E-state index in [0.717, 1.165) is 22.4 Å². The van der Waals surface area contributed by atoms with Gasteiger partial charge in [-0.05, 0) is 34.4 Å². The number of aromatic carboxylic acids is 1. The molecule has 2 aromatic carbocycles. The average molecular weight is 500 g/mol. The van der Waals surface area contributed by atoms with Crippen molar-refractivity contribution in [3.8, 4) is 17.0 Å². The maximum absolute atomic E-state index is 12.0. The van der Waals surface area contributed by atoms with Gasteiger partial charge in [-0.1, -0.05) is 81.4 Å². The fourth-order valence-corrected chi connectivity index (χ4v) is 4.26. The highest BCUT2D eigenvalue weighted by molar-refractivity contribution is 7.98. The fourth-order valence-electron chi connectivity index (χ4n) is 3.72. The second kappa shape index (κ2) is 10.9. The highest BCUT2D eigenvalue weighted by atomic mass is 32.2. The molecule has 36 heavy (non-hydrogen) atoms. The molecule has 0 fully saturated rings. The van der Waals surface area contributed by atoms with Crippen molar-refractivity contribution in [1.29, 1.82) is 0 Å². The molecule has 2 aromatic heterocycles. The van der Waals surface area contributed by atoms with Gasteiger partial charge in [0.1, 0.15) is 17.5 Å². The summed E-state index contributed by atoms with van der Waals surface area (Å²) in [5, 5.41) is 10.3. The molecule has 0 saturated carbocycles. The van der Waals surface area contributed by atoms with Crippen molar-refractivity contribution in [3.05, 3.63) is 101 Å². The molecule has 0 bridgehead atoms. The van der Waals surface area contributed by atoms with Crippen molar-refractivity contribution in [3.63, 3.8) is 0 Å². The predicted octanol–water partition coefficient (Wildman–Crippen LogP) is 6.43. The first kappa shape index (κ1) is 25.4. The summed E-state index contributed by atoms with van der Waals surface area (Å²) in [6.45, 7) is 6.81. The summed E-state index contributed by atoms with van der Waals surface area (Å²) in [6, 6.07) is 22.0.